The SMILES string of the molecule is C#Cc1cccc2c(CC(N)C(=O)O)c(C)[nH]c12.CC. The van der Waals surface area contributed by atoms with Crippen molar-refractivity contribution in [3.05, 3.63) is 35.0 Å². The summed E-state index contributed by atoms with van der Waals surface area (Å²) in [6.45, 7) is 5.89. The van der Waals surface area contributed by atoms with E-state index >= 15 is 0 Å². The molecule has 1 aromatic carbocycles. The minimum absolute atomic E-state index is 0.287. The van der Waals surface area contributed by atoms with Crippen molar-refractivity contribution in [2.24, 2.45) is 5.73 Å². The first-order valence-corrected chi connectivity index (χ1v) is 6.59. The molecular formula is C16H20N2O2. The Kier molecular flexibility index (Phi) is 5.36. The highest BCUT2D eigenvalue weighted by atomic mass is 16.4. The number of carboxylic acids is 1. The molecule has 4 N–H and O–H groups in total. The highest BCUT2D eigenvalue weighted by molar-refractivity contribution is 5.90. The van der Waals surface area contributed by atoms with Gasteiger partial charge in [-0.25, -0.2) is 0 Å². The molecule has 0 aliphatic rings. The van der Waals surface area contributed by atoms with Crippen molar-refractivity contribution in [2.45, 2.75) is 33.2 Å². The molecule has 0 aliphatic carbocycles. The van der Waals surface area contributed by atoms with Gasteiger partial charge in [0.1, 0.15) is 6.04 Å². The van der Waals surface area contributed by atoms with E-state index in [-0.39, 0.29) is 6.42 Å². The Balaban J connectivity index is 0.000000956. The van der Waals surface area contributed by atoms with Gasteiger partial charge in [-0.2, -0.15) is 0 Å². The van der Waals surface area contributed by atoms with Gasteiger partial charge < -0.3 is 15.8 Å². The Morgan fingerprint density at radius 1 is 1.50 bits per heavy atom. The zero-order chi connectivity index (χ0) is 15.3. The highest BCUT2D eigenvalue weighted by Crippen LogP contribution is 2.25. The summed E-state index contributed by atoms with van der Waals surface area (Å²) in [6.07, 6.45) is 5.72. The molecule has 0 aliphatic heterocycles. The number of H-pyrrole nitrogens is 1. The van der Waals surface area contributed by atoms with Gasteiger partial charge in [-0.05, 0) is 18.6 Å². The van der Waals surface area contributed by atoms with E-state index in [0.29, 0.717) is 0 Å². The van der Waals surface area contributed by atoms with Crippen LogP contribution in [0.15, 0.2) is 18.2 Å². The minimum Gasteiger partial charge on any atom is -0.480 e. The van der Waals surface area contributed by atoms with Gasteiger partial charge in [-0.15, -0.1) is 6.42 Å². The van der Waals surface area contributed by atoms with Gasteiger partial charge in [0.25, 0.3) is 0 Å². The van der Waals surface area contributed by atoms with Crippen molar-refractivity contribution >= 4 is 16.9 Å². The topological polar surface area (TPSA) is 79.1 Å². The lowest BCUT2D eigenvalue weighted by Gasteiger charge is -2.06. The number of hydrogen-bond acceptors (Lipinski definition) is 2. The third-order valence-electron chi connectivity index (χ3n) is 3.05. The lowest BCUT2D eigenvalue weighted by Crippen LogP contribution is -2.32. The molecule has 0 radical (unpaired) electrons. The van der Waals surface area contributed by atoms with Crippen molar-refractivity contribution in [1.82, 2.24) is 4.98 Å². The van der Waals surface area contributed by atoms with Crippen LogP contribution in [-0.4, -0.2) is 22.1 Å². The van der Waals surface area contributed by atoms with E-state index in [1.165, 1.54) is 0 Å². The van der Waals surface area contributed by atoms with E-state index in [4.69, 9.17) is 17.3 Å². The molecule has 0 spiro atoms. The number of benzene rings is 1. The van der Waals surface area contributed by atoms with Crippen LogP contribution in [0.2, 0.25) is 0 Å². The number of para-hydroxylation sites is 1. The molecule has 1 unspecified atom stereocenters. The van der Waals surface area contributed by atoms with E-state index in [1.54, 1.807) is 0 Å². The molecule has 20 heavy (non-hydrogen) atoms. The fourth-order valence-electron chi connectivity index (χ4n) is 2.09. The Morgan fingerprint density at radius 2 is 2.15 bits per heavy atom. The molecule has 4 nitrogen and oxygen atoms in total. The Morgan fingerprint density at radius 3 is 2.70 bits per heavy atom. The smallest absolute Gasteiger partial charge is 0.320 e. The summed E-state index contributed by atoms with van der Waals surface area (Å²) in [5.74, 6) is 1.60. The quantitative estimate of drug-likeness (QED) is 0.751. The van der Waals surface area contributed by atoms with Gasteiger partial charge in [-0.1, -0.05) is 31.9 Å². The van der Waals surface area contributed by atoms with Crippen LogP contribution in [0.4, 0.5) is 0 Å². The number of terminal acetylenes is 1. The van der Waals surface area contributed by atoms with Crippen LogP contribution in [0.1, 0.15) is 30.7 Å². The van der Waals surface area contributed by atoms with E-state index in [9.17, 15) is 4.79 Å². The number of aryl methyl sites for hydroxylation is 1. The van der Waals surface area contributed by atoms with Crippen LogP contribution in [0.25, 0.3) is 10.9 Å². The van der Waals surface area contributed by atoms with E-state index in [2.05, 4.69) is 10.9 Å². The summed E-state index contributed by atoms with van der Waals surface area (Å²) < 4.78 is 0. The van der Waals surface area contributed by atoms with E-state index < -0.39 is 12.0 Å². The third kappa shape index (κ3) is 3.01. The van der Waals surface area contributed by atoms with Crippen molar-refractivity contribution in [3.63, 3.8) is 0 Å². The van der Waals surface area contributed by atoms with Gasteiger partial charge in [0.2, 0.25) is 0 Å². The maximum atomic E-state index is 10.8. The normalized spacial score (nSPS) is 11.3. The number of aromatic nitrogens is 1. The molecule has 1 heterocycles. The first kappa shape index (κ1) is 15.8. The van der Waals surface area contributed by atoms with Crippen molar-refractivity contribution in [2.75, 3.05) is 0 Å². The van der Waals surface area contributed by atoms with E-state index in [1.807, 2.05) is 39.0 Å². The van der Waals surface area contributed by atoms with Crippen molar-refractivity contribution < 1.29 is 9.90 Å². The minimum atomic E-state index is -1.00. The fourth-order valence-corrected chi connectivity index (χ4v) is 2.09. The third-order valence-corrected chi connectivity index (χ3v) is 3.05. The predicted octanol–water partition coefficient (Wildman–Crippen LogP) is 2.44. The van der Waals surface area contributed by atoms with E-state index in [0.717, 1.165) is 27.7 Å². The van der Waals surface area contributed by atoms with Crippen LogP contribution < -0.4 is 5.73 Å². The Hall–Kier alpha value is -2.25. The van der Waals surface area contributed by atoms with Gasteiger partial charge in [-0.3, -0.25) is 4.79 Å². The standard InChI is InChI=1S/C14H14N2O2.C2H6/c1-3-9-5-4-6-10-11(7-12(15)14(17)18)8(2)16-13(9)10;1-2/h1,4-6,12,16H,7,15H2,2H3,(H,17,18);1-2H3. The van der Waals surface area contributed by atoms with Gasteiger partial charge >= 0.3 is 5.97 Å². The zero-order valence-electron chi connectivity index (χ0n) is 12.0. The molecule has 2 aromatic rings. The molecule has 1 aromatic heterocycles. The lowest BCUT2D eigenvalue weighted by atomic mass is 10.0. The Bertz CT molecular complexity index is 650. The lowest BCUT2D eigenvalue weighted by molar-refractivity contribution is -0.138. The van der Waals surface area contributed by atoms with Crippen LogP contribution >= 0.6 is 0 Å². The molecule has 2 rings (SSSR count). The second-order valence-corrected chi connectivity index (χ2v) is 4.25. The summed E-state index contributed by atoms with van der Waals surface area (Å²) in [7, 11) is 0. The number of aliphatic carboxylic acids is 1. The first-order chi connectivity index (χ1) is 9.54. The van der Waals surface area contributed by atoms with Crippen LogP contribution in [0.3, 0.4) is 0 Å². The van der Waals surface area contributed by atoms with Crippen molar-refractivity contribution in [3.8, 4) is 12.3 Å². The summed E-state index contributed by atoms with van der Waals surface area (Å²) in [6, 6.07) is 4.72. The Labute approximate surface area is 119 Å². The highest BCUT2D eigenvalue weighted by Gasteiger charge is 2.17. The molecule has 0 saturated carbocycles. The molecule has 1 atom stereocenters. The number of hydrogen-bond donors (Lipinski definition) is 3. The average molecular weight is 272 g/mol. The molecule has 0 saturated heterocycles. The molecule has 0 fully saturated rings. The summed E-state index contributed by atoms with van der Waals surface area (Å²) in [4.78, 5) is 14.0. The monoisotopic (exact) mass is 272 g/mol. The maximum absolute atomic E-state index is 10.8. The van der Waals surface area contributed by atoms with Gasteiger partial charge in [0.15, 0.2) is 0 Å². The average Bonchev–Trinajstić information content (AvgIpc) is 2.77. The molecule has 0 bridgehead atoms. The number of carboxylic acid groups (broad SMARTS) is 1. The predicted molar refractivity (Wildman–Crippen MR) is 81.6 cm³/mol. The second kappa shape index (κ2) is 6.78. The number of rotatable bonds is 3. The zero-order valence-corrected chi connectivity index (χ0v) is 12.0. The fraction of sp³-hybridized carbons (Fsp3) is 0.312. The van der Waals surface area contributed by atoms with Gasteiger partial charge in [0.05, 0.1) is 5.52 Å². The summed E-state index contributed by atoms with van der Waals surface area (Å²) >= 11 is 0. The van der Waals surface area contributed by atoms with Crippen LogP contribution in [0, 0.1) is 19.3 Å². The number of carbonyl (C=O) groups is 1. The maximum Gasteiger partial charge on any atom is 0.320 e. The summed E-state index contributed by atoms with van der Waals surface area (Å²) in [5.41, 5.74) is 9.04. The van der Waals surface area contributed by atoms with Crippen LogP contribution in [0.5, 0.6) is 0 Å². The number of fused-ring (bicyclic) bond motifs is 1. The second-order valence-electron chi connectivity index (χ2n) is 4.25. The molecular weight excluding hydrogens is 252 g/mol. The number of nitrogens with one attached hydrogen (secondary N) is 1. The van der Waals surface area contributed by atoms with Crippen molar-refractivity contribution in [1.29, 1.82) is 0 Å². The number of aromatic amines is 1. The van der Waals surface area contributed by atoms with Gasteiger partial charge in [0, 0.05) is 23.1 Å². The summed E-state index contributed by atoms with van der Waals surface area (Å²) in [5, 5.41) is 9.82. The molecule has 0 amide bonds. The number of nitrogens with two attached hydrogens (primary N) is 1. The van der Waals surface area contributed by atoms with Crippen LogP contribution in [-0.2, 0) is 11.2 Å². The largest absolute Gasteiger partial charge is 0.480 e. The first-order valence-electron chi connectivity index (χ1n) is 6.59. The molecule has 106 valence electrons. The molecule has 4 heteroatoms.